The number of benzene rings is 2. The highest BCUT2D eigenvalue weighted by Crippen LogP contribution is 2.29. The van der Waals surface area contributed by atoms with E-state index in [-0.39, 0.29) is 23.9 Å². The fraction of sp³-hybridized carbons (Fsp3) is 0.533. The summed E-state index contributed by atoms with van der Waals surface area (Å²) in [5.41, 5.74) is 1.80. The molecule has 0 heterocycles. The molecule has 2 aromatic carbocycles. The molecule has 40 heavy (non-hydrogen) atoms. The van der Waals surface area contributed by atoms with Crippen LogP contribution in [0, 0.1) is 0 Å². The summed E-state index contributed by atoms with van der Waals surface area (Å²) in [5, 5.41) is 3.86. The molecule has 0 aromatic heterocycles. The average molecular weight is 611 g/mol. The van der Waals surface area contributed by atoms with E-state index in [2.05, 4.69) is 26.1 Å². The maximum atomic E-state index is 14.0. The van der Waals surface area contributed by atoms with Crippen molar-refractivity contribution in [1.82, 2.24) is 10.2 Å². The second-order valence-corrected chi connectivity index (χ2v) is 14.3. The molecule has 0 radical (unpaired) electrons. The third-order valence-electron chi connectivity index (χ3n) is 7.43. The highest BCUT2D eigenvalue weighted by atomic mass is 35.5. The molecule has 2 aromatic rings. The molecule has 1 atom stereocenters. The van der Waals surface area contributed by atoms with Crippen LogP contribution in [0.25, 0.3) is 0 Å². The number of halogens is 2. The normalized spacial score (nSPS) is 15.4. The number of sulfonamides is 1. The van der Waals surface area contributed by atoms with E-state index in [1.54, 1.807) is 30.3 Å². The van der Waals surface area contributed by atoms with Crippen LogP contribution in [-0.2, 0) is 31.6 Å². The van der Waals surface area contributed by atoms with Crippen LogP contribution in [0.4, 0.5) is 5.69 Å². The Morgan fingerprint density at radius 2 is 1.57 bits per heavy atom. The molecule has 1 aliphatic rings. The van der Waals surface area contributed by atoms with Gasteiger partial charge in [0.15, 0.2) is 0 Å². The van der Waals surface area contributed by atoms with Gasteiger partial charge in [-0.05, 0) is 54.5 Å². The first-order chi connectivity index (χ1) is 18.7. The van der Waals surface area contributed by atoms with E-state index >= 15 is 0 Å². The number of nitrogens with zero attached hydrogens (tertiary/aromatic N) is 2. The smallest absolute Gasteiger partial charge is 0.244 e. The van der Waals surface area contributed by atoms with Crippen molar-refractivity contribution < 1.29 is 18.0 Å². The Kier molecular flexibility index (Phi) is 10.9. The SMILES string of the molecule is CCC(C(=O)NC1CCCCC1)N(Cc1c(Cl)cccc1Cl)C(=O)CN(c1ccc(C(C)(C)C)cc1)S(C)(=O)=O. The lowest BCUT2D eigenvalue weighted by molar-refractivity contribution is -0.140. The van der Waals surface area contributed by atoms with Gasteiger partial charge in [-0.25, -0.2) is 8.42 Å². The molecule has 1 saturated carbocycles. The van der Waals surface area contributed by atoms with Crippen molar-refractivity contribution in [3.63, 3.8) is 0 Å². The van der Waals surface area contributed by atoms with Gasteiger partial charge in [0.2, 0.25) is 21.8 Å². The number of hydrogen-bond donors (Lipinski definition) is 1. The van der Waals surface area contributed by atoms with E-state index in [1.165, 1.54) is 4.90 Å². The van der Waals surface area contributed by atoms with Crippen LogP contribution in [-0.4, -0.2) is 50.0 Å². The summed E-state index contributed by atoms with van der Waals surface area (Å²) in [5.74, 6) is -0.779. The van der Waals surface area contributed by atoms with Crippen molar-refractivity contribution in [2.24, 2.45) is 0 Å². The van der Waals surface area contributed by atoms with Gasteiger partial charge in [0.05, 0.1) is 11.9 Å². The summed E-state index contributed by atoms with van der Waals surface area (Å²) >= 11 is 12.9. The fourth-order valence-corrected chi connectivity index (χ4v) is 6.43. The van der Waals surface area contributed by atoms with Crippen LogP contribution in [0.1, 0.15) is 77.3 Å². The van der Waals surface area contributed by atoms with Crippen LogP contribution >= 0.6 is 23.2 Å². The van der Waals surface area contributed by atoms with Gasteiger partial charge >= 0.3 is 0 Å². The Morgan fingerprint density at radius 3 is 2.08 bits per heavy atom. The molecule has 7 nitrogen and oxygen atoms in total. The summed E-state index contributed by atoms with van der Waals surface area (Å²) in [7, 11) is -3.83. The number of carbonyl (C=O) groups excluding carboxylic acids is 2. The highest BCUT2D eigenvalue weighted by Gasteiger charge is 2.33. The van der Waals surface area contributed by atoms with Crippen molar-refractivity contribution in [3.05, 3.63) is 63.6 Å². The Bertz CT molecular complexity index is 1270. The molecule has 2 amide bonds. The Hall–Kier alpha value is -2.29. The van der Waals surface area contributed by atoms with E-state index in [0.29, 0.717) is 27.7 Å². The minimum absolute atomic E-state index is 0.0332. The van der Waals surface area contributed by atoms with Crippen molar-refractivity contribution in [2.75, 3.05) is 17.1 Å². The lowest BCUT2D eigenvalue weighted by atomic mass is 9.87. The number of carbonyl (C=O) groups is 2. The minimum Gasteiger partial charge on any atom is -0.352 e. The van der Waals surface area contributed by atoms with Gasteiger partial charge in [-0.3, -0.25) is 13.9 Å². The molecule has 0 aliphatic heterocycles. The summed E-state index contributed by atoms with van der Waals surface area (Å²) in [4.78, 5) is 28.9. The fourth-order valence-electron chi connectivity index (χ4n) is 5.06. The standard InChI is InChI=1S/C30H41Cl2N3O4S/c1-6-27(29(37)33-22-11-8-7-9-12-22)34(19-24-25(31)13-10-14-26(24)32)28(36)20-35(40(5,38)39)23-17-15-21(16-18-23)30(2,3)4/h10,13-18,22,27H,6-9,11-12,19-20H2,1-5H3,(H,33,37). The van der Waals surface area contributed by atoms with E-state index in [4.69, 9.17) is 23.2 Å². The number of hydrogen-bond acceptors (Lipinski definition) is 4. The van der Waals surface area contributed by atoms with Gasteiger partial charge in [-0.15, -0.1) is 0 Å². The quantitative estimate of drug-likeness (QED) is 0.342. The molecule has 1 aliphatic carbocycles. The number of nitrogens with one attached hydrogen (secondary N) is 1. The Balaban J connectivity index is 1.96. The van der Waals surface area contributed by atoms with E-state index in [0.717, 1.165) is 48.2 Å². The monoisotopic (exact) mass is 609 g/mol. The van der Waals surface area contributed by atoms with Crippen LogP contribution < -0.4 is 9.62 Å². The third-order valence-corrected chi connectivity index (χ3v) is 9.28. The zero-order chi connectivity index (χ0) is 29.7. The number of anilines is 1. The number of rotatable bonds is 10. The predicted molar refractivity (Wildman–Crippen MR) is 163 cm³/mol. The molecule has 0 spiro atoms. The van der Waals surface area contributed by atoms with Crippen LogP contribution in [0.15, 0.2) is 42.5 Å². The first kappa shape index (κ1) is 32.2. The molecule has 220 valence electrons. The minimum atomic E-state index is -3.83. The summed E-state index contributed by atoms with van der Waals surface area (Å²) in [6.07, 6.45) is 6.47. The van der Waals surface area contributed by atoms with E-state index in [1.807, 2.05) is 19.1 Å². The van der Waals surface area contributed by atoms with Gasteiger partial charge in [0.25, 0.3) is 0 Å². The lowest BCUT2D eigenvalue weighted by Crippen LogP contribution is -2.54. The van der Waals surface area contributed by atoms with Crippen molar-refractivity contribution in [2.45, 2.75) is 90.3 Å². The van der Waals surface area contributed by atoms with Crippen molar-refractivity contribution in [1.29, 1.82) is 0 Å². The van der Waals surface area contributed by atoms with E-state index in [9.17, 15) is 18.0 Å². The molecule has 1 fully saturated rings. The van der Waals surface area contributed by atoms with Gasteiger partial charge in [0, 0.05) is 28.2 Å². The largest absolute Gasteiger partial charge is 0.352 e. The average Bonchev–Trinajstić information content (AvgIpc) is 2.88. The maximum Gasteiger partial charge on any atom is 0.244 e. The zero-order valence-electron chi connectivity index (χ0n) is 24.0. The second-order valence-electron chi connectivity index (χ2n) is 11.6. The van der Waals surface area contributed by atoms with Crippen LogP contribution in [0.3, 0.4) is 0 Å². The Morgan fingerprint density at radius 1 is 1.00 bits per heavy atom. The van der Waals surface area contributed by atoms with Crippen LogP contribution in [0.5, 0.6) is 0 Å². The highest BCUT2D eigenvalue weighted by molar-refractivity contribution is 7.92. The summed E-state index contributed by atoms with van der Waals surface area (Å²) < 4.78 is 26.9. The van der Waals surface area contributed by atoms with Crippen molar-refractivity contribution in [3.8, 4) is 0 Å². The molecule has 0 bridgehead atoms. The number of amides is 2. The first-order valence-electron chi connectivity index (χ1n) is 13.8. The molecule has 0 saturated heterocycles. The molecular weight excluding hydrogens is 569 g/mol. The summed E-state index contributed by atoms with van der Waals surface area (Å²) in [6, 6.07) is 11.4. The van der Waals surface area contributed by atoms with Gasteiger partial charge in [-0.1, -0.05) is 88.4 Å². The topological polar surface area (TPSA) is 86.8 Å². The molecule has 1 N–H and O–H groups in total. The Labute approximate surface area is 249 Å². The third kappa shape index (κ3) is 8.37. The maximum absolute atomic E-state index is 14.0. The van der Waals surface area contributed by atoms with Crippen LogP contribution in [0.2, 0.25) is 10.0 Å². The molecular formula is C30H41Cl2N3O4S. The zero-order valence-corrected chi connectivity index (χ0v) is 26.4. The van der Waals surface area contributed by atoms with Gasteiger partial charge in [-0.2, -0.15) is 0 Å². The molecule has 3 rings (SSSR count). The lowest BCUT2D eigenvalue weighted by Gasteiger charge is -2.34. The van der Waals surface area contributed by atoms with Gasteiger partial charge < -0.3 is 10.2 Å². The molecule has 1 unspecified atom stereocenters. The first-order valence-corrected chi connectivity index (χ1v) is 16.4. The summed E-state index contributed by atoms with van der Waals surface area (Å²) in [6.45, 7) is 7.54. The predicted octanol–water partition coefficient (Wildman–Crippen LogP) is 6.31. The molecule has 10 heteroatoms. The van der Waals surface area contributed by atoms with Gasteiger partial charge in [0.1, 0.15) is 12.6 Å². The second kappa shape index (κ2) is 13.6. The van der Waals surface area contributed by atoms with Crippen molar-refractivity contribution >= 4 is 50.7 Å². The van der Waals surface area contributed by atoms with E-state index < -0.39 is 28.5 Å².